The van der Waals surface area contributed by atoms with Crippen LogP contribution in [0.5, 0.6) is 17.2 Å². The van der Waals surface area contributed by atoms with Gasteiger partial charge in [-0.25, -0.2) is 0 Å². The van der Waals surface area contributed by atoms with E-state index in [1.165, 1.54) is 64.7 Å². The van der Waals surface area contributed by atoms with E-state index in [1.807, 2.05) is 91.0 Å². The highest BCUT2D eigenvalue weighted by Gasteiger charge is 2.35. The lowest BCUT2D eigenvalue weighted by molar-refractivity contribution is -0.132. The molecule has 0 radical (unpaired) electrons. The van der Waals surface area contributed by atoms with Crippen molar-refractivity contribution < 1.29 is 56.5 Å². The zero-order valence-electron chi connectivity index (χ0n) is 50.9. The highest BCUT2D eigenvalue weighted by atomic mass is 16.5. The van der Waals surface area contributed by atoms with Crippen LogP contribution in [0, 0.1) is 11.8 Å². The summed E-state index contributed by atoms with van der Waals surface area (Å²) in [5.74, 6) is 2.84. The van der Waals surface area contributed by atoms with Gasteiger partial charge in [-0.2, -0.15) is 0 Å². The average Bonchev–Trinajstić information content (AvgIpc) is 1.73. The smallest absolute Gasteiger partial charge is 0.167 e. The fraction of sp³-hybridized carbons (Fsp3) is 0.466. The minimum absolute atomic E-state index is 0. The Hall–Kier alpha value is -8.19. The second kappa shape index (κ2) is 29.8. The number of hydrogen-bond donors (Lipinski definition) is 1. The maximum absolute atomic E-state index is 12.5. The van der Waals surface area contributed by atoms with Gasteiger partial charge in [0.15, 0.2) is 16.7 Å². The Morgan fingerprint density at radius 1 is 0.440 bits per heavy atom. The number of fused-ring (bicyclic) bond motifs is 9. The monoisotopic (exact) mass is 1240 g/mol. The molecule has 9 aromatic rings. The third-order valence-corrected chi connectivity index (χ3v) is 18.9. The summed E-state index contributed by atoms with van der Waals surface area (Å²) in [7, 11) is 4.40. The van der Waals surface area contributed by atoms with E-state index >= 15 is 0 Å². The Labute approximate surface area is 530 Å². The second-order valence-corrected chi connectivity index (χ2v) is 25.1. The average molecular weight is 1240 g/mol. The van der Waals surface area contributed by atoms with Crippen LogP contribution in [0.4, 0.5) is 0 Å². The number of likely N-dealkylation sites (tertiary alicyclic amines) is 2. The molecule has 2 saturated heterocycles. The number of ether oxygens (including phenoxy) is 3. The summed E-state index contributed by atoms with van der Waals surface area (Å²) >= 11 is 0. The number of carbonyl (C=O) groups is 6. The first kappa shape index (κ1) is 65.8. The lowest BCUT2D eigenvalue weighted by Crippen LogP contribution is -2.30. The highest BCUT2D eigenvalue weighted by molar-refractivity contribution is 6.14. The minimum atomic E-state index is -0.377. The Bertz CT molecular complexity index is 3910. The Morgan fingerprint density at radius 2 is 0.758 bits per heavy atom. The van der Waals surface area contributed by atoms with Crippen LogP contribution in [-0.4, -0.2) is 127 Å². The summed E-state index contributed by atoms with van der Waals surface area (Å²) < 4.78 is 34.2. The van der Waals surface area contributed by atoms with E-state index in [-0.39, 0.29) is 86.6 Å². The SMILES string of the molecule is C.C.CN1CCC(CCCOc2ccc3c(ccc4onc(C5CCC(=O)CC5=O)c43)c2)CC1.CN1CCC(CCCOc2ccc3c(ccc4onc(C5CCC(=O)CC5=O)c43)c2)CC1.NCCOc1ccc2c(ccc3onc(C4CCC(=O)CC4=O)c32)c1. The normalized spacial score (nSPS) is 19.7. The van der Waals surface area contributed by atoms with Crippen molar-refractivity contribution in [3.05, 3.63) is 108 Å². The summed E-state index contributed by atoms with van der Waals surface area (Å²) in [6, 6.07) is 29.5. The Morgan fingerprint density at radius 3 is 1.07 bits per heavy atom. The van der Waals surface area contributed by atoms with E-state index in [0.29, 0.717) is 85.5 Å². The first-order chi connectivity index (χ1) is 43.3. The van der Waals surface area contributed by atoms with Gasteiger partial charge in [0.1, 0.15) is 75.6 Å². The number of rotatable bonds is 16. The predicted molar refractivity (Wildman–Crippen MR) is 352 cm³/mol. The van der Waals surface area contributed by atoms with Crippen molar-refractivity contribution in [1.82, 2.24) is 25.3 Å². The molecule has 3 atom stereocenters. The first-order valence-electron chi connectivity index (χ1n) is 31.9. The zero-order valence-corrected chi connectivity index (χ0v) is 50.9. The fourth-order valence-electron chi connectivity index (χ4n) is 13.8. The number of carbonyl (C=O) groups excluding carboxylic acids is 6. The number of hydrogen-bond acceptors (Lipinski definition) is 18. The van der Waals surface area contributed by atoms with Crippen LogP contribution in [0.3, 0.4) is 0 Å². The molecule has 480 valence electrons. The zero-order chi connectivity index (χ0) is 61.5. The molecule has 0 bridgehead atoms. The minimum Gasteiger partial charge on any atom is -0.494 e. The second-order valence-electron chi connectivity index (χ2n) is 25.1. The molecule has 2 N–H and O–H groups in total. The molecule has 3 aromatic heterocycles. The van der Waals surface area contributed by atoms with Gasteiger partial charge in [0.25, 0.3) is 0 Å². The van der Waals surface area contributed by atoms with E-state index in [1.54, 1.807) is 0 Å². The number of benzene rings is 6. The molecule has 0 amide bonds. The quantitative estimate of drug-likeness (QED) is 0.0698. The largest absolute Gasteiger partial charge is 0.494 e. The van der Waals surface area contributed by atoms with Gasteiger partial charge in [-0.05, 0) is 228 Å². The summed E-state index contributed by atoms with van der Waals surface area (Å²) in [5.41, 5.74) is 9.41. The molecule has 0 spiro atoms. The van der Waals surface area contributed by atoms with Crippen LogP contribution in [0.2, 0.25) is 0 Å². The van der Waals surface area contributed by atoms with Crippen LogP contribution in [0.25, 0.3) is 65.2 Å². The van der Waals surface area contributed by atoms with E-state index in [9.17, 15) is 28.8 Å². The summed E-state index contributed by atoms with van der Waals surface area (Å²) in [5, 5.41) is 21.2. The molecular weight excluding hydrogens is 1150 g/mol. The fourth-order valence-corrected chi connectivity index (χ4v) is 13.8. The molecule has 3 unspecified atom stereocenters. The van der Waals surface area contributed by atoms with Crippen LogP contribution in [-0.2, 0) is 28.8 Å². The van der Waals surface area contributed by atoms with Gasteiger partial charge in [0.05, 0.1) is 66.4 Å². The third-order valence-electron chi connectivity index (χ3n) is 18.9. The molecule has 2 aliphatic heterocycles. The molecule has 18 nitrogen and oxygen atoms in total. The maximum Gasteiger partial charge on any atom is 0.167 e. The first-order valence-corrected chi connectivity index (χ1v) is 31.9. The van der Waals surface area contributed by atoms with E-state index < -0.39 is 0 Å². The van der Waals surface area contributed by atoms with Crippen LogP contribution in [0.1, 0.15) is 159 Å². The molecule has 6 aromatic carbocycles. The van der Waals surface area contributed by atoms with Crippen molar-refractivity contribution in [1.29, 1.82) is 0 Å². The van der Waals surface area contributed by atoms with Gasteiger partial charge in [-0.1, -0.05) is 48.5 Å². The Kier molecular flexibility index (Phi) is 21.6. The van der Waals surface area contributed by atoms with Crippen LogP contribution < -0.4 is 19.9 Å². The lowest BCUT2D eigenvalue weighted by atomic mass is 9.83. The van der Waals surface area contributed by atoms with Gasteiger partial charge >= 0.3 is 0 Å². The summed E-state index contributed by atoms with van der Waals surface area (Å²) in [4.78, 5) is 76.9. The van der Waals surface area contributed by atoms with Crippen molar-refractivity contribution >= 4 is 99.9 Å². The maximum atomic E-state index is 12.5. The number of piperidine rings is 2. The molecule has 18 heteroatoms. The van der Waals surface area contributed by atoms with E-state index in [4.69, 9.17) is 33.5 Å². The predicted octanol–water partition coefficient (Wildman–Crippen LogP) is 13.8. The molecule has 5 aliphatic rings. The van der Waals surface area contributed by atoms with Gasteiger partial charge in [-0.3, -0.25) is 28.8 Å². The van der Waals surface area contributed by atoms with Gasteiger partial charge in [0.2, 0.25) is 0 Å². The van der Waals surface area contributed by atoms with Gasteiger partial charge in [-0.15, -0.1) is 0 Å². The molecule has 91 heavy (non-hydrogen) atoms. The molecule has 3 saturated carbocycles. The summed E-state index contributed by atoms with van der Waals surface area (Å²) in [6.45, 7) is 7.19. The van der Waals surface area contributed by atoms with Crippen molar-refractivity contribution in [2.24, 2.45) is 17.6 Å². The lowest BCUT2D eigenvalue weighted by Gasteiger charge is -2.28. The van der Waals surface area contributed by atoms with Crippen molar-refractivity contribution in [2.75, 3.05) is 66.6 Å². The summed E-state index contributed by atoms with van der Waals surface area (Å²) in [6.07, 6.45) is 12.5. The standard InChI is InChI=1S/2C26H30N2O4.C19H18N2O4.2CH4/c2*1-28-12-10-17(11-13-28)3-2-14-31-20-6-8-21-18(15-20)4-9-24-25(21)26(27-32-24)22-7-5-19(29)16-23(22)30;20-7-8-24-13-3-5-14-11(9-13)1-6-17-18(14)19(21-25-17)15-4-2-12(22)10-16(15)23;;/h2*4,6,8-9,15,17,22H,2-3,5,7,10-14,16H2,1H3;1,3,5-6,9,15H,2,4,7-8,10,20H2;2*1H4. The van der Waals surface area contributed by atoms with E-state index in [2.05, 4.69) is 39.4 Å². The molecule has 5 fully saturated rings. The van der Waals surface area contributed by atoms with Crippen molar-refractivity contribution in [3.63, 3.8) is 0 Å². The Balaban J connectivity index is 0.000000150. The molecule has 3 aliphatic carbocycles. The molecular formula is C73H86N6O12. The number of aromatic nitrogens is 3. The van der Waals surface area contributed by atoms with Crippen LogP contribution in [0.15, 0.2) is 105 Å². The number of Topliss-reactive ketones (excluding diaryl/α,β-unsaturated/α-hetero) is 6. The van der Waals surface area contributed by atoms with Crippen LogP contribution >= 0.6 is 0 Å². The van der Waals surface area contributed by atoms with Gasteiger partial charge in [0, 0.05) is 25.8 Å². The number of nitrogens with zero attached hydrogens (tertiary/aromatic N) is 5. The number of nitrogens with two attached hydrogens (primary N) is 1. The van der Waals surface area contributed by atoms with E-state index in [0.717, 1.165) is 104 Å². The van der Waals surface area contributed by atoms with Crippen molar-refractivity contribution in [2.45, 2.75) is 142 Å². The third kappa shape index (κ3) is 15.1. The van der Waals surface area contributed by atoms with Gasteiger partial charge < -0.3 is 43.3 Å². The topological polar surface area (TPSA) is 241 Å². The van der Waals surface area contributed by atoms with Crippen molar-refractivity contribution in [3.8, 4) is 17.2 Å². The number of ketones is 6. The highest BCUT2D eigenvalue weighted by Crippen LogP contribution is 2.41. The molecule has 14 rings (SSSR count). The molecule has 5 heterocycles.